The number of unbranched alkanes of at least 4 members (excludes halogenated alkanes) is 21. The van der Waals surface area contributed by atoms with Gasteiger partial charge >= 0.3 is 0 Å². The molecule has 290 valence electrons. The van der Waals surface area contributed by atoms with E-state index in [0.717, 1.165) is 0 Å². The average Bonchev–Trinajstić information content (AvgIpc) is 2.98. The fourth-order valence-electron chi connectivity index (χ4n) is 7.25. The summed E-state index contributed by atoms with van der Waals surface area (Å²) < 4.78 is 3.80. The fraction of sp³-hybridized carbons (Fsp3) is 1.00. The molecule has 0 aromatic heterocycles. The van der Waals surface area contributed by atoms with Crippen molar-refractivity contribution >= 4 is 0 Å². The maximum atomic E-state index is 2.60. The quantitative estimate of drug-likeness (QED) is 0.0681. The number of hydrogen-bond acceptors (Lipinski definition) is 0. The van der Waals surface area contributed by atoms with Crippen LogP contribution < -0.4 is 50.9 Å². The molecule has 0 aliphatic rings. The van der Waals surface area contributed by atoms with Crippen LogP contribution in [-0.2, 0) is 0 Å². The third-order valence-corrected chi connectivity index (χ3v) is 10.7. The molecule has 0 bridgehead atoms. The summed E-state index contributed by atoms with van der Waals surface area (Å²) in [4.78, 5) is 0. The topological polar surface area (TPSA) is 0 Å². The largest absolute Gasteiger partial charge is 1.00 e. The molecule has 0 aliphatic carbocycles. The van der Waals surface area contributed by atoms with Gasteiger partial charge in [-0.15, -0.1) is 0 Å². The highest BCUT2D eigenvalue weighted by Crippen LogP contribution is 2.17. The average molecular weight is 865 g/mol. The highest BCUT2D eigenvalue weighted by Gasteiger charge is 2.21. The fourth-order valence-corrected chi connectivity index (χ4v) is 7.25. The van der Waals surface area contributed by atoms with Crippen molar-refractivity contribution in [1.82, 2.24) is 0 Å². The van der Waals surface area contributed by atoms with Crippen molar-refractivity contribution in [3.05, 3.63) is 0 Å². The van der Waals surface area contributed by atoms with Crippen LogP contribution in [0.2, 0.25) is 0 Å². The summed E-state index contributed by atoms with van der Waals surface area (Å²) in [7, 11) is 12.5. The van der Waals surface area contributed by atoms with Gasteiger partial charge in [0.2, 0.25) is 0 Å². The minimum atomic E-state index is 0. The van der Waals surface area contributed by atoms with Gasteiger partial charge in [-0.05, 0) is 89.9 Å². The molecule has 0 aromatic carbocycles. The monoisotopic (exact) mass is 861 g/mol. The number of nitrogens with zero attached hydrogens (tertiary/aromatic N) is 3. The molecule has 0 amide bonds. The van der Waals surface area contributed by atoms with Crippen LogP contribution in [0.25, 0.3) is 0 Å². The van der Waals surface area contributed by atoms with E-state index in [1.165, 1.54) is 226 Å². The molecule has 0 aromatic rings. The molecule has 0 heterocycles. The maximum absolute atomic E-state index is 2.60. The first-order valence-electron chi connectivity index (χ1n) is 20.6. The van der Waals surface area contributed by atoms with Crippen LogP contribution in [0.3, 0.4) is 0 Å². The van der Waals surface area contributed by atoms with E-state index in [1.807, 2.05) is 0 Å². The minimum absolute atomic E-state index is 0. The summed E-state index contributed by atoms with van der Waals surface area (Å²) in [6, 6.07) is 0. The second-order valence-electron chi connectivity index (χ2n) is 16.7. The predicted molar refractivity (Wildman–Crippen MR) is 202 cm³/mol. The summed E-state index contributed by atoms with van der Waals surface area (Å²) >= 11 is 0. The molecule has 47 heavy (non-hydrogen) atoms. The summed E-state index contributed by atoms with van der Waals surface area (Å²) in [5.41, 5.74) is 0. The van der Waals surface area contributed by atoms with E-state index in [0.29, 0.717) is 0 Å². The lowest BCUT2D eigenvalue weighted by Gasteiger charge is -2.35. The normalized spacial score (nSPS) is 12.0. The van der Waals surface area contributed by atoms with E-state index in [2.05, 4.69) is 56.0 Å². The maximum Gasteiger partial charge on any atom is 0.0784 e. The first-order chi connectivity index (χ1) is 21.1. The summed E-state index contributed by atoms with van der Waals surface area (Å²) in [6.45, 7) is 16.7. The van der Waals surface area contributed by atoms with Crippen LogP contribution in [0.5, 0.6) is 0 Å². The SMILES string of the molecule is CCCCCCCC[N+](C)(C)CCCCCC[N+](C)(CCCCCCCC)CCCCCC[N+](C)(C)CCCCCCCC.[Br-].[Br-].[Br-]. The molecule has 0 unspecified atom stereocenters. The molecule has 0 saturated heterocycles. The van der Waals surface area contributed by atoms with Gasteiger partial charge in [0.25, 0.3) is 0 Å². The number of hydrogen-bond donors (Lipinski definition) is 0. The van der Waals surface area contributed by atoms with Crippen molar-refractivity contribution < 1.29 is 64.4 Å². The molecule has 0 N–H and O–H groups in total. The lowest BCUT2D eigenvalue weighted by Crippen LogP contribution is -3.00. The van der Waals surface area contributed by atoms with Gasteiger partial charge in [-0.3, -0.25) is 0 Å². The molecule has 0 radical (unpaired) electrons. The molecule has 3 nitrogen and oxygen atoms in total. The number of rotatable bonds is 35. The molecule has 0 saturated carbocycles. The zero-order valence-electron chi connectivity index (χ0n) is 33.8. The van der Waals surface area contributed by atoms with Crippen molar-refractivity contribution in [3.8, 4) is 0 Å². The Bertz CT molecular complexity index is 560. The van der Waals surface area contributed by atoms with Gasteiger partial charge in [0, 0.05) is 0 Å². The Morgan fingerprint density at radius 1 is 0.234 bits per heavy atom. The van der Waals surface area contributed by atoms with E-state index in [-0.39, 0.29) is 50.9 Å². The Labute approximate surface area is 331 Å². The molecular formula is C41H90Br3N3. The smallest absolute Gasteiger partial charge is 0.0784 e. The second-order valence-corrected chi connectivity index (χ2v) is 16.7. The van der Waals surface area contributed by atoms with Gasteiger partial charge in [-0.2, -0.15) is 0 Å². The molecule has 0 rings (SSSR count). The van der Waals surface area contributed by atoms with E-state index in [4.69, 9.17) is 0 Å². The van der Waals surface area contributed by atoms with E-state index in [9.17, 15) is 0 Å². The predicted octanol–water partition coefficient (Wildman–Crippen LogP) is 2.80. The van der Waals surface area contributed by atoms with Crippen LogP contribution in [0, 0.1) is 0 Å². The van der Waals surface area contributed by atoms with Gasteiger partial charge in [0.15, 0.2) is 0 Å². The van der Waals surface area contributed by atoms with Crippen LogP contribution in [0.1, 0.15) is 188 Å². The molecule has 0 atom stereocenters. The standard InChI is InChI=1S/C41H90N3.3BrH/c1-9-12-15-18-21-28-35-42(4,5)37-30-24-26-33-40-44(8,39-32-23-20-17-14-11-3)41-34-27-25-31-38-43(6,7)36-29-22-19-16-13-10-2;;;/h9-41H2,1-8H3;3*1H/q+3;;;/p-3. The first kappa shape index (κ1) is 55.1. The first-order valence-corrected chi connectivity index (χ1v) is 20.6. The Kier molecular flexibility index (Phi) is 43.5. The zero-order chi connectivity index (χ0) is 32.8. The number of halogens is 3. The van der Waals surface area contributed by atoms with Crippen LogP contribution in [0.15, 0.2) is 0 Å². The highest BCUT2D eigenvalue weighted by molar-refractivity contribution is 4.52. The molecule has 0 spiro atoms. The van der Waals surface area contributed by atoms with Gasteiger partial charge in [-0.25, -0.2) is 0 Å². The lowest BCUT2D eigenvalue weighted by atomic mass is 10.1. The Morgan fingerprint density at radius 2 is 0.404 bits per heavy atom. The van der Waals surface area contributed by atoms with Crippen molar-refractivity contribution in [3.63, 3.8) is 0 Å². The summed E-state index contributed by atoms with van der Waals surface area (Å²) in [5.74, 6) is 0. The van der Waals surface area contributed by atoms with Crippen LogP contribution >= 0.6 is 0 Å². The summed E-state index contributed by atoms with van der Waals surface area (Å²) in [5, 5.41) is 0. The molecular weight excluding hydrogens is 774 g/mol. The Balaban J connectivity index is -0.00000308. The lowest BCUT2D eigenvalue weighted by molar-refractivity contribution is -0.910. The van der Waals surface area contributed by atoms with Gasteiger partial charge in [-0.1, -0.05) is 97.8 Å². The van der Waals surface area contributed by atoms with Crippen molar-refractivity contribution in [2.45, 2.75) is 188 Å². The van der Waals surface area contributed by atoms with Crippen LogP contribution in [0.4, 0.5) is 0 Å². The van der Waals surface area contributed by atoms with Crippen LogP contribution in [-0.4, -0.2) is 94.5 Å². The summed E-state index contributed by atoms with van der Waals surface area (Å²) in [6.07, 6.45) is 37.0. The zero-order valence-corrected chi connectivity index (χ0v) is 38.6. The van der Waals surface area contributed by atoms with Gasteiger partial charge in [0.1, 0.15) is 0 Å². The van der Waals surface area contributed by atoms with E-state index >= 15 is 0 Å². The molecule has 0 fully saturated rings. The third kappa shape index (κ3) is 38.4. The van der Waals surface area contributed by atoms with Crippen molar-refractivity contribution in [1.29, 1.82) is 0 Å². The van der Waals surface area contributed by atoms with Crippen molar-refractivity contribution in [2.75, 3.05) is 81.1 Å². The van der Waals surface area contributed by atoms with Crippen molar-refractivity contribution in [2.24, 2.45) is 0 Å². The molecule has 6 heteroatoms. The van der Waals surface area contributed by atoms with E-state index in [1.54, 1.807) is 0 Å². The van der Waals surface area contributed by atoms with Gasteiger partial charge < -0.3 is 64.4 Å². The third-order valence-electron chi connectivity index (χ3n) is 10.7. The van der Waals surface area contributed by atoms with Gasteiger partial charge in [0.05, 0.1) is 81.1 Å². The highest BCUT2D eigenvalue weighted by atomic mass is 79.9. The number of quaternary nitrogens is 3. The Hall–Kier alpha value is 1.32. The minimum Gasteiger partial charge on any atom is -1.00 e. The second kappa shape index (κ2) is 37.1. The Morgan fingerprint density at radius 3 is 0.617 bits per heavy atom. The van der Waals surface area contributed by atoms with E-state index < -0.39 is 0 Å². The molecule has 0 aliphatic heterocycles.